The lowest BCUT2D eigenvalue weighted by Crippen LogP contribution is -2.27. The van der Waals surface area contributed by atoms with Crippen molar-refractivity contribution in [1.82, 2.24) is 0 Å². The highest BCUT2D eigenvalue weighted by Crippen LogP contribution is 2.28. The quantitative estimate of drug-likeness (QED) is 0.642. The van der Waals surface area contributed by atoms with Crippen molar-refractivity contribution in [2.24, 2.45) is 0 Å². The van der Waals surface area contributed by atoms with Crippen LogP contribution in [0.4, 0.5) is 11.4 Å². The number of hydrogen-bond donors (Lipinski definition) is 0. The van der Waals surface area contributed by atoms with Gasteiger partial charge in [0, 0.05) is 18.7 Å². The number of nitro benzene ring substituents is 1. The van der Waals surface area contributed by atoms with Crippen LogP contribution in [0.2, 0.25) is 0 Å². The SMILES string of the molecule is Cc1c([N+](=O)[O-])cccc1S(=O)(=O)N(C)c1ccccc1. The molecule has 0 saturated carbocycles. The average Bonchev–Trinajstić information content (AvgIpc) is 2.47. The van der Waals surface area contributed by atoms with E-state index in [4.69, 9.17) is 0 Å². The largest absolute Gasteiger partial charge is 0.273 e. The van der Waals surface area contributed by atoms with E-state index >= 15 is 0 Å². The Kier molecular flexibility index (Phi) is 3.95. The number of nitro groups is 1. The zero-order valence-corrected chi connectivity index (χ0v) is 12.4. The predicted octanol–water partition coefficient (Wildman–Crippen LogP) is 2.73. The zero-order valence-electron chi connectivity index (χ0n) is 11.6. The molecule has 0 spiro atoms. The first kappa shape index (κ1) is 15.0. The number of rotatable bonds is 4. The Hall–Kier alpha value is -2.41. The first-order valence-electron chi connectivity index (χ1n) is 6.13. The van der Waals surface area contributed by atoms with Gasteiger partial charge in [-0.25, -0.2) is 8.42 Å². The van der Waals surface area contributed by atoms with Gasteiger partial charge >= 0.3 is 0 Å². The molecule has 0 N–H and O–H groups in total. The van der Waals surface area contributed by atoms with Crippen LogP contribution in [0.1, 0.15) is 5.56 Å². The fraction of sp³-hybridized carbons (Fsp3) is 0.143. The van der Waals surface area contributed by atoms with Crippen LogP contribution in [0.5, 0.6) is 0 Å². The molecule has 0 aromatic heterocycles. The zero-order chi connectivity index (χ0) is 15.6. The van der Waals surface area contributed by atoms with Crippen molar-refractivity contribution in [3.63, 3.8) is 0 Å². The Morgan fingerprint density at radius 1 is 1.05 bits per heavy atom. The third kappa shape index (κ3) is 2.73. The van der Waals surface area contributed by atoms with Gasteiger partial charge < -0.3 is 0 Å². The summed E-state index contributed by atoms with van der Waals surface area (Å²) in [6.07, 6.45) is 0. The van der Waals surface area contributed by atoms with Gasteiger partial charge in [0.25, 0.3) is 15.7 Å². The highest BCUT2D eigenvalue weighted by molar-refractivity contribution is 7.92. The Balaban J connectivity index is 2.55. The van der Waals surface area contributed by atoms with E-state index in [0.29, 0.717) is 5.69 Å². The second kappa shape index (κ2) is 5.53. The lowest BCUT2D eigenvalue weighted by Gasteiger charge is -2.20. The summed E-state index contributed by atoms with van der Waals surface area (Å²) in [5.41, 5.74) is 0.409. The van der Waals surface area contributed by atoms with E-state index in [1.165, 1.54) is 32.2 Å². The molecular formula is C14H14N2O4S. The van der Waals surface area contributed by atoms with Crippen LogP contribution in [-0.2, 0) is 10.0 Å². The van der Waals surface area contributed by atoms with Gasteiger partial charge in [-0.2, -0.15) is 0 Å². The van der Waals surface area contributed by atoms with Crippen LogP contribution in [0, 0.1) is 17.0 Å². The van der Waals surface area contributed by atoms with Crippen LogP contribution in [0.3, 0.4) is 0 Å². The minimum absolute atomic E-state index is 0.0666. The van der Waals surface area contributed by atoms with E-state index in [9.17, 15) is 18.5 Å². The van der Waals surface area contributed by atoms with E-state index in [1.54, 1.807) is 30.3 Å². The highest BCUT2D eigenvalue weighted by Gasteiger charge is 2.26. The Morgan fingerprint density at radius 3 is 2.24 bits per heavy atom. The second-order valence-corrected chi connectivity index (χ2v) is 6.40. The first-order valence-corrected chi connectivity index (χ1v) is 7.57. The molecule has 0 atom stereocenters. The Bertz CT molecular complexity index is 773. The second-order valence-electron chi connectivity index (χ2n) is 4.47. The molecule has 0 bridgehead atoms. The third-order valence-electron chi connectivity index (χ3n) is 3.21. The highest BCUT2D eigenvalue weighted by atomic mass is 32.2. The molecule has 0 amide bonds. The van der Waals surface area contributed by atoms with Crippen molar-refractivity contribution in [2.75, 3.05) is 11.4 Å². The summed E-state index contributed by atoms with van der Waals surface area (Å²) in [4.78, 5) is 10.3. The standard InChI is InChI=1S/C14H14N2O4S/c1-11-13(16(17)18)9-6-10-14(11)21(19,20)15(2)12-7-4-3-5-8-12/h3-10H,1-2H3. The molecule has 0 saturated heterocycles. The molecule has 2 rings (SSSR count). The fourth-order valence-corrected chi connectivity index (χ4v) is 3.44. The molecular weight excluding hydrogens is 292 g/mol. The molecule has 110 valence electrons. The monoisotopic (exact) mass is 306 g/mol. The number of anilines is 1. The summed E-state index contributed by atoms with van der Waals surface area (Å²) in [6, 6.07) is 12.6. The lowest BCUT2D eigenvalue weighted by molar-refractivity contribution is -0.385. The van der Waals surface area contributed by atoms with E-state index in [1.807, 2.05) is 0 Å². The van der Waals surface area contributed by atoms with Gasteiger partial charge in [0.15, 0.2) is 0 Å². The van der Waals surface area contributed by atoms with Crippen LogP contribution in [0.25, 0.3) is 0 Å². The maximum absolute atomic E-state index is 12.6. The topological polar surface area (TPSA) is 80.5 Å². The average molecular weight is 306 g/mol. The van der Waals surface area contributed by atoms with Gasteiger partial charge in [0.05, 0.1) is 15.5 Å². The van der Waals surface area contributed by atoms with Crippen LogP contribution in [-0.4, -0.2) is 20.4 Å². The molecule has 21 heavy (non-hydrogen) atoms. The molecule has 2 aromatic carbocycles. The summed E-state index contributed by atoms with van der Waals surface area (Å²) in [5, 5.41) is 10.9. The van der Waals surface area contributed by atoms with E-state index in [2.05, 4.69) is 0 Å². The molecule has 0 aliphatic rings. The molecule has 2 aromatic rings. The third-order valence-corrected chi connectivity index (χ3v) is 5.14. The van der Waals surface area contributed by atoms with E-state index in [-0.39, 0.29) is 16.1 Å². The van der Waals surface area contributed by atoms with Crippen molar-refractivity contribution in [3.8, 4) is 0 Å². The molecule has 0 heterocycles. The number of nitrogens with zero attached hydrogens (tertiary/aromatic N) is 2. The molecule has 0 radical (unpaired) electrons. The van der Waals surface area contributed by atoms with Crippen molar-refractivity contribution in [2.45, 2.75) is 11.8 Å². The maximum Gasteiger partial charge on any atom is 0.273 e. The minimum atomic E-state index is -3.85. The lowest BCUT2D eigenvalue weighted by atomic mass is 10.2. The van der Waals surface area contributed by atoms with E-state index < -0.39 is 14.9 Å². The smallest absolute Gasteiger partial charge is 0.269 e. The normalized spacial score (nSPS) is 11.1. The van der Waals surface area contributed by atoms with Gasteiger partial charge in [-0.3, -0.25) is 14.4 Å². The van der Waals surface area contributed by atoms with Gasteiger partial charge in [-0.15, -0.1) is 0 Å². The summed E-state index contributed by atoms with van der Waals surface area (Å²) in [7, 11) is -2.43. The van der Waals surface area contributed by atoms with Crippen molar-refractivity contribution in [1.29, 1.82) is 0 Å². The van der Waals surface area contributed by atoms with Crippen LogP contribution >= 0.6 is 0 Å². The van der Waals surface area contributed by atoms with Gasteiger partial charge in [0.2, 0.25) is 0 Å². The Labute approximate surface area is 122 Å². The molecule has 0 unspecified atom stereocenters. The van der Waals surface area contributed by atoms with Crippen molar-refractivity contribution >= 4 is 21.4 Å². The molecule has 0 aliphatic heterocycles. The number of benzene rings is 2. The number of sulfonamides is 1. The fourth-order valence-electron chi connectivity index (χ4n) is 2.00. The molecule has 7 heteroatoms. The summed E-state index contributed by atoms with van der Waals surface area (Å²) < 4.78 is 26.4. The van der Waals surface area contributed by atoms with Gasteiger partial charge in [-0.1, -0.05) is 24.3 Å². The Morgan fingerprint density at radius 2 is 1.67 bits per heavy atom. The predicted molar refractivity (Wildman–Crippen MR) is 79.9 cm³/mol. The summed E-state index contributed by atoms with van der Waals surface area (Å²) in [6.45, 7) is 1.43. The molecule has 0 aliphatic carbocycles. The first-order chi connectivity index (χ1) is 9.85. The van der Waals surface area contributed by atoms with Crippen molar-refractivity contribution in [3.05, 3.63) is 64.2 Å². The summed E-state index contributed by atoms with van der Waals surface area (Å²) in [5.74, 6) is 0. The van der Waals surface area contributed by atoms with Gasteiger partial charge in [-0.05, 0) is 25.1 Å². The van der Waals surface area contributed by atoms with Crippen molar-refractivity contribution < 1.29 is 13.3 Å². The molecule has 0 fully saturated rings. The molecule has 6 nitrogen and oxygen atoms in total. The summed E-state index contributed by atoms with van der Waals surface area (Å²) >= 11 is 0. The van der Waals surface area contributed by atoms with Crippen LogP contribution < -0.4 is 4.31 Å². The number of hydrogen-bond acceptors (Lipinski definition) is 4. The maximum atomic E-state index is 12.6. The van der Waals surface area contributed by atoms with E-state index in [0.717, 1.165) is 4.31 Å². The number of para-hydroxylation sites is 1. The van der Waals surface area contributed by atoms with Gasteiger partial charge in [0.1, 0.15) is 0 Å². The van der Waals surface area contributed by atoms with Crippen LogP contribution in [0.15, 0.2) is 53.4 Å². The minimum Gasteiger partial charge on any atom is -0.269 e.